The third-order valence-corrected chi connectivity index (χ3v) is 11.7. The van der Waals surface area contributed by atoms with Crippen LogP contribution in [0.25, 0.3) is 0 Å². The third kappa shape index (κ3) is 19.1. The average Bonchev–Trinajstić information content (AvgIpc) is 3.38. The van der Waals surface area contributed by atoms with Crippen molar-refractivity contribution in [1.82, 2.24) is 19.9 Å². The molecule has 2 atom stereocenters. The van der Waals surface area contributed by atoms with Crippen LogP contribution in [0.5, 0.6) is 23.0 Å². The number of halogens is 3. The van der Waals surface area contributed by atoms with E-state index in [4.69, 9.17) is 16.9 Å². The second-order valence-corrected chi connectivity index (χ2v) is 18.4. The largest absolute Gasteiger partial charge is 0.508 e. The molecular formula is C56H58Br2ClN9O4. The molecule has 8 aromatic rings. The Kier molecular flexibility index (Phi) is 23.4. The van der Waals surface area contributed by atoms with E-state index in [1.165, 1.54) is 6.20 Å². The molecule has 0 amide bonds. The Morgan fingerprint density at radius 1 is 0.514 bits per heavy atom. The molecule has 8 N–H and O–H groups in total. The Hall–Kier alpha value is -7.38. The standard InChI is InChI=1S/C16H19BrN2O.C15H17BrN2O.C13H11N3O.C12H11ClN2O/c1-2-3-7-15(14-6-4-5-8-16(14)20)19-13-9-12(17)10-18-11-13;1-2-5-14(13-6-3-4-7-15(13)19)18-12-8-11(16)9-17-10-12;14-6-10-5-12(9-15-7-10)16-8-11-3-1-2-4-13(11)17;13-10-5-11(8-14-7-10)15-6-9-3-1-2-4-12(9)16/h4-6,8-11,15,19-20H,2-3,7H2,1H3;3-4,6-10,14,18-19H,2,5H2,1H3;1-5,7,9,16-17H,8H2;1-5,7-8,15-16H,6H2. The van der Waals surface area contributed by atoms with Gasteiger partial charge in [-0.25, -0.2) is 0 Å². The topological polar surface area (TPSA) is 204 Å². The normalized spacial score (nSPS) is 11.1. The van der Waals surface area contributed by atoms with Crippen LogP contribution in [0.2, 0.25) is 5.02 Å². The number of phenolic OH excluding ortho intramolecular Hbond substituents is 4. The van der Waals surface area contributed by atoms with Gasteiger partial charge in [0.1, 0.15) is 29.1 Å². The maximum absolute atomic E-state index is 10.0. The molecule has 2 unspecified atom stereocenters. The maximum Gasteiger partial charge on any atom is 0.120 e. The number of nitriles is 1. The van der Waals surface area contributed by atoms with Gasteiger partial charge in [0.05, 0.1) is 70.2 Å². The number of pyridine rings is 4. The van der Waals surface area contributed by atoms with E-state index >= 15 is 0 Å². The highest BCUT2D eigenvalue weighted by molar-refractivity contribution is 9.10. The van der Waals surface area contributed by atoms with Crippen LogP contribution in [-0.2, 0) is 13.1 Å². The molecule has 16 heteroatoms. The molecule has 372 valence electrons. The lowest BCUT2D eigenvalue weighted by atomic mass is 10.00. The zero-order valence-electron chi connectivity index (χ0n) is 39.9. The van der Waals surface area contributed by atoms with Crippen molar-refractivity contribution in [2.24, 2.45) is 0 Å². The van der Waals surface area contributed by atoms with Crippen molar-refractivity contribution >= 4 is 66.2 Å². The second-order valence-electron chi connectivity index (χ2n) is 16.2. The molecule has 0 aliphatic heterocycles. The summed E-state index contributed by atoms with van der Waals surface area (Å²) in [4.78, 5) is 16.2. The lowest BCUT2D eigenvalue weighted by Gasteiger charge is -2.21. The number of nitrogens with zero attached hydrogens (tertiary/aromatic N) is 5. The first-order valence-corrected chi connectivity index (χ1v) is 25.2. The van der Waals surface area contributed by atoms with Crippen LogP contribution in [0.4, 0.5) is 22.7 Å². The number of aromatic hydroxyl groups is 4. The molecule has 0 spiro atoms. The molecule has 13 nitrogen and oxygen atoms in total. The Morgan fingerprint density at radius 3 is 1.39 bits per heavy atom. The summed E-state index contributed by atoms with van der Waals surface area (Å²) in [7, 11) is 0. The molecule has 4 aromatic heterocycles. The summed E-state index contributed by atoms with van der Waals surface area (Å²) >= 11 is 12.6. The molecule has 0 saturated heterocycles. The van der Waals surface area contributed by atoms with Crippen LogP contribution in [0.3, 0.4) is 0 Å². The van der Waals surface area contributed by atoms with Crippen molar-refractivity contribution in [3.05, 3.63) is 213 Å². The SMILES string of the molecule is CCCC(Nc1cncc(Br)c1)c1ccccc1O.CCCCC(Nc1cncc(Br)c1)c1ccccc1O.N#Cc1cncc(NCc2ccccc2O)c1.Oc1ccccc1CNc1cncc(Cl)c1. The number of phenols is 4. The quantitative estimate of drug-likeness (QED) is 0.0428. The van der Waals surface area contributed by atoms with Gasteiger partial charge >= 0.3 is 0 Å². The van der Waals surface area contributed by atoms with E-state index in [1.807, 2.05) is 78.9 Å². The summed E-state index contributed by atoms with van der Waals surface area (Å²) in [5, 5.41) is 61.6. The van der Waals surface area contributed by atoms with Crippen molar-refractivity contribution < 1.29 is 20.4 Å². The number of unbranched alkanes of at least 4 members (excludes halogenated alkanes) is 1. The first-order chi connectivity index (χ1) is 35.0. The number of anilines is 4. The summed E-state index contributed by atoms with van der Waals surface area (Å²) in [6.07, 6.45) is 18.7. The van der Waals surface area contributed by atoms with Crippen molar-refractivity contribution in [2.45, 2.75) is 71.1 Å². The van der Waals surface area contributed by atoms with Crippen molar-refractivity contribution in [3.8, 4) is 29.1 Å². The molecule has 0 aliphatic rings. The Balaban J connectivity index is 0.000000179. The van der Waals surface area contributed by atoms with Gasteiger partial charge < -0.3 is 41.7 Å². The van der Waals surface area contributed by atoms with Gasteiger partial charge in [-0.2, -0.15) is 5.26 Å². The summed E-state index contributed by atoms with van der Waals surface area (Å²) in [5.41, 5.74) is 7.47. The fourth-order valence-corrected chi connectivity index (χ4v) is 7.98. The minimum Gasteiger partial charge on any atom is -0.508 e. The summed E-state index contributed by atoms with van der Waals surface area (Å²) in [6, 6.07) is 38.9. The number of aromatic nitrogens is 4. The highest BCUT2D eigenvalue weighted by Gasteiger charge is 2.16. The van der Waals surface area contributed by atoms with E-state index in [2.05, 4.69) is 86.9 Å². The van der Waals surface area contributed by atoms with E-state index in [1.54, 1.807) is 91.9 Å². The zero-order chi connectivity index (χ0) is 51.5. The monoisotopic (exact) mass is 1110 g/mol. The molecule has 0 bridgehead atoms. The molecule has 8 rings (SSSR count). The van der Waals surface area contributed by atoms with Crippen LogP contribution in [-0.4, -0.2) is 40.4 Å². The number of para-hydroxylation sites is 4. The fourth-order valence-electron chi connectivity index (χ4n) is 7.08. The van der Waals surface area contributed by atoms with Crippen molar-refractivity contribution in [3.63, 3.8) is 0 Å². The maximum atomic E-state index is 10.0. The zero-order valence-corrected chi connectivity index (χ0v) is 43.9. The molecule has 0 saturated carbocycles. The summed E-state index contributed by atoms with van der Waals surface area (Å²) in [5.74, 6) is 1.20. The highest BCUT2D eigenvalue weighted by Crippen LogP contribution is 2.32. The molecule has 0 radical (unpaired) electrons. The minimum absolute atomic E-state index is 0.0855. The average molecular weight is 1120 g/mol. The van der Waals surface area contributed by atoms with Crippen LogP contribution in [0, 0.1) is 11.3 Å². The third-order valence-electron chi connectivity index (χ3n) is 10.7. The first kappa shape index (κ1) is 55.5. The van der Waals surface area contributed by atoms with Crippen LogP contribution in [0.1, 0.15) is 85.9 Å². The molecule has 4 heterocycles. The predicted octanol–water partition coefficient (Wildman–Crippen LogP) is 14.7. The smallest absolute Gasteiger partial charge is 0.120 e. The first-order valence-electron chi connectivity index (χ1n) is 23.2. The molecule has 4 aromatic carbocycles. The van der Waals surface area contributed by atoms with Gasteiger partial charge in [-0.1, -0.05) is 118 Å². The number of rotatable bonds is 17. The highest BCUT2D eigenvalue weighted by atomic mass is 79.9. The Labute approximate surface area is 443 Å². The van der Waals surface area contributed by atoms with E-state index in [-0.39, 0.29) is 23.6 Å². The van der Waals surface area contributed by atoms with Gasteiger partial charge in [0.25, 0.3) is 0 Å². The number of benzene rings is 4. The van der Waals surface area contributed by atoms with E-state index in [0.717, 1.165) is 86.1 Å². The second kappa shape index (κ2) is 30.4. The minimum atomic E-state index is 0.0855. The lowest BCUT2D eigenvalue weighted by molar-refractivity contribution is 0.460. The van der Waals surface area contributed by atoms with Gasteiger partial charge in [-0.05, 0) is 93.2 Å². The van der Waals surface area contributed by atoms with E-state index < -0.39 is 0 Å². The van der Waals surface area contributed by atoms with Gasteiger partial charge in [-0.3, -0.25) is 19.9 Å². The predicted molar refractivity (Wildman–Crippen MR) is 296 cm³/mol. The van der Waals surface area contributed by atoms with Gasteiger partial charge in [0, 0.05) is 69.1 Å². The van der Waals surface area contributed by atoms with Crippen molar-refractivity contribution in [1.29, 1.82) is 5.26 Å². The van der Waals surface area contributed by atoms with Gasteiger partial charge in [0.15, 0.2) is 0 Å². The van der Waals surface area contributed by atoms with Crippen LogP contribution < -0.4 is 21.3 Å². The molecule has 0 aliphatic carbocycles. The fraction of sp³-hybridized carbons (Fsp3) is 0.196. The van der Waals surface area contributed by atoms with Crippen LogP contribution >= 0.6 is 43.5 Å². The van der Waals surface area contributed by atoms with E-state index in [9.17, 15) is 20.4 Å². The Morgan fingerprint density at radius 2 is 0.944 bits per heavy atom. The number of hydrogen-bond acceptors (Lipinski definition) is 13. The molecule has 0 fully saturated rings. The molecule has 72 heavy (non-hydrogen) atoms. The number of hydrogen-bond donors (Lipinski definition) is 8. The van der Waals surface area contributed by atoms with Crippen LogP contribution in [0.15, 0.2) is 180 Å². The van der Waals surface area contributed by atoms with Gasteiger partial charge in [-0.15, -0.1) is 0 Å². The Bertz CT molecular complexity index is 2950. The lowest BCUT2D eigenvalue weighted by Crippen LogP contribution is -2.11. The van der Waals surface area contributed by atoms with E-state index in [0.29, 0.717) is 35.2 Å². The van der Waals surface area contributed by atoms with Gasteiger partial charge in [0.2, 0.25) is 0 Å². The number of nitrogens with one attached hydrogen (secondary N) is 4. The summed E-state index contributed by atoms with van der Waals surface area (Å²) < 4.78 is 1.87. The van der Waals surface area contributed by atoms with Crippen molar-refractivity contribution in [2.75, 3.05) is 21.3 Å². The molecular weight excluding hydrogens is 1060 g/mol. The summed E-state index contributed by atoms with van der Waals surface area (Å²) in [6.45, 7) is 5.33.